The van der Waals surface area contributed by atoms with Crippen LogP contribution in [-0.4, -0.2) is 38.3 Å². The van der Waals surface area contributed by atoms with E-state index in [-0.39, 0.29) is 27.0 Å². The molecule has 0 N–H and O–H groups in total. The Labute approximate surface area is 254 Å². The van der Waals surface area contributed by atoms with Gasteiger partial charge in [-0.3, -0.25) is 0 Å². The van der Waals surface area contributed by atoms with Gasteiger partial charge in [0.1, 0.15) is 32.8 Å². The fraction of sp³-hybridized carbons (Fsp3) is 0.294. The molecule has 224 valence electrons. The zero-order chi connectivity index (χ0) is 31.1. The van der Waals surface area contributed by atoms with Crippen molar-refractivity contribution in [3.05, 3.63) is 103 Å². The number of benzene rings is 4. The fourth-order valence-electron chi connectivity index (χ4n) is 3.88. The zero-order valence-corrected chi connectivity index (χ0v) is 27.3. The maximum atomic E-state index is 10.3. The lowest BCUT2D eigenvalue weighted by Crippen LogP contribution is -2.23. The maximum absolute atomic E-state index is 10.3. The van der Waals surface area contributed by atoms with Gasteiger partial charge in [-0.15, -0.1) is 0 Å². The van der Waals surface area contributed by atoms with Gasteiger partial charge >= 0.3 is 0 Å². The Morgan fingerprint density at radius 1 is 0.619 bits per heavy atom. The summed E-state index contributed by atoms with van der Waals surface area (Å²) in [5.74, 6) is 1.78. The smallest absolute Gasteiger partial charge is 0.168 e. The van der Waals surface area contributed by atoms with Crippen LogP contribution in [0.2, 0.25) is 0 Å². The van der Waals surface area contributed by atoms with Gasteiger partial charge < -0.3 is 18.9 Å². The van der Waals surface area contributed by atoms with Crippen LogP contribution in [0.4, 0.5) is 5.69 Å². The highest BCUT2D eigenvalue weighted by molar-refractivity contribution is 7.97. The third-order valence-corrected chi connectivity index (χ3v) is 8.63. The van der Waals surface area contributed by atoms with E-state index in [4.69, 9.17) is 9.47 Å². The minimum absolute atomic E-state index is 0.185. The van der Waals surface area contributed by atoms with Gasteiger partial charge in [-0.05, 0) is 114 Å². The van der Waals surface area contributed by atoms with Crippen molar-refractivity contribution in [3.8, 4) is 11.5 Å². The molecule has 0 unspecified atom stereocenters. The van der Waals surface area contributed by atoms with Crippen LogP contribution in [-0.2, 0) is 21.0 Å². The van der Waals surface area contributed by atoms with E-state index in [1.807, 2.05) is 0 Å². The average Bonchev–Trinajstić information content (AvgIpc) is 2.90. The van der Waals surface area contributed by atoms with E-state index in [1.54, 1.807) is 6.07 Å². The van der Waals surface area contributed by atoms with Gasteiger partial charge in [0.15, 0.2) is 14.7 Å². The lowest BCUT2D eigenvalue weighted by Gasteiger charge is -2.21. The minimum Gasteiger partial charge on any atom is -0.744 e. The largest absolute Gasteiger partial charge is 0.744 e. The summed E-state index contributed by atoms with van der Waals surface area (Å²) in [4.78, 5) is 5.75. The van der Waals surface area contributed by atoms with Gasteiger partial charge in [0.25, 0.3) is 0 Å². The van der Waals surface area contributed by atoms with Crippen LogP contribution < -0.4 is 14.4 Å². The molecule has 0 atom stereocenters. The summed E-state index contributed by atoms with van der Waals surface area (Å²) in [6.45, 7) is 12.4. The summed E-state index contributed by atoms with van der Waals surface area (Å²) in [5.41, 5.74) is 0.763. The molecule has 6 nitrogen and oxygen atoms in total. The van der Waals surface area contributed by atoms with E-state index >= 15 is 0 Å². The molecule has 0 aromatic heterocycles. The Kier molecular flexibility index (Phi) is 10.8. The van der Waals surface area contributed by atoms with E-state index < -0.39 is 10.1 Å². The first-order valence-electron chi connectivity index (χ1n) is 13.6. The second kappa shape index (κ2) is 13.7. The molecule has 0 spiro atoms. The molecule has 0 radical (unpaired) electrons. The molecule has 4 aromatic carbocycles. The number of anilines is 1. The van der Waals surface area contributed by atoms with E-state index in [0.29, 0.717) is 0 Å². The predicted molar refractivity (Wildman–Crippen MR) is 171 cm³/mol. The van der Waals surface area contributed by atoms with E-state index in [0.717, 1.165) is 11.5 Å². The molecule has 0 heterocycles. The van der Waals surface area contributed by atoms with Crippen LogP contribution in [0.1, 0.15) is 41.5 Å². The molecule has 0 saturated carbocycles. The predicted octanol–water partition coefficient (Wildman–Crippen LogP) is 7.79. The van der Waals surface area contributed by atoms with Crippen molar-refractivity contribution < 1.29 is 22.4 Å². The van der Waals surface area contributed by atoms with Gasteiger partial charge in [0.2, 0.25) is 0 Å². The number of ether oxygens (including phenoxy) is 2. The molecule has 0 aliphatic carbocycles. The first kappa shape index (κ1) is 33.0. The maximum Gasteiger partial charge on any atom is 0.168 e. The van der Waals surface area contributed by atoms with Gasteiger partial charge in [0.05, 0.1) is 15.8 Å². The first-order chi connectivity index (χ1) is 19.5. The summed E-state index contributed by atoms with van der Waals surface area (Å²) in [5, 5.41) is 0. The van der Waals surface area contributed by atoms with E-state index in [9.17, 15) is 13.0 Å². The fourth-order valence-corrected chi connectivity index (χ4v) is 6.46. The molecule has 8 heteroatoms. The molecule has 42 heavy (non-hydrogen) atoms. The first-order valence-corrected chi connectivity index (χ1v) is 16.3. The number of hydrogen-bond acceptors (Lipinski definition) is 6. The highest BCUT2D eigenvalue weighted by Crippen LogP contribution is 2.35. The number of nitrogens with zero attached hydrogens (tertiary/aromatic N) is 1. The standard InChI is InChI=1S/C28H36NO2S.C6H6O3S/c1-27(2,3)30-22-12-16-24(17-13-22)32(26-11-9-10-21(20-26)29(7)8)25-18-14-23(15-19-25)31-28(4,5)6;7-10(8,9)6-4-2-1-3-5-6/h9-20H,1-8H3;1-5H,(H,7,8,9)/q+1;/p-1. The molecule has 0 aliphatic rings. The molecule has 0 bridgehead atoms. The summed E-state index contributed by atoms with van der Waals surface area (Å²) in [6.07, 6.45) is 0. The van der Waals surface area contributed by atoms with Crippen molar-refractivity contribution >= 4 is 26.7 Å². The Balaban J connectivity index is 0.000000408. The topological polar surface area (TPSA) is 78.9 Å². The third kappa shape index (κ3) is 10.4. The van der Waals surface area contributed by atoms with Crippen LogP contribution in [0.25, 0.3) is 0 Å². The lowest BCUT2D eigenvalue weighted by molar-refractivity contribution is 0.130. The van der Waals surface area contributed by atoms with Crippen LogP contribution >= 0.6 is 0 Å². The van der Waals surface area contributed by atoms with Crippen molar-refractivity contribution in [2.24, 2.45) is 0 Å². The molecular formula is C34H41NO5S2. The molecular weight excluding hydrogens is 567 g/mol. The summed E-state index contributed by atoms with van der Waals surface area (Å²) >= 11 is 0. The normalized spacial score (nSPS) is 11.9. The van der Waals surface area contributed by atoms with Gasteiger partial charge in [-0.2, -0.15) is 0 Å². The van der Waals surface area contributed by atoms with Gasteiger partial charge in [-0.25, -0.2) is 8.42 Å². The van der Waals surface area contributed by atoms with E-state index in [2.05, 4.69) is 133 Å². The monoisotopic (exact) mass is 607 g/mol. The number of hydrogen-bond donors (Lipinski definition) is 0. The van der Waals surface area contributed by atoms with Crippen molar-refractivity contribution in [1.82, 2.24) is 0 Å². The van der Waals surface area contributed by atoms with Crippen molar-refractivity contribution in [1.29, 1.82) is 0 Å². The highest BCUT2D eigenvalue weighted by atomic mass is 32.2. The molecule has 4 rings (SSSR count). The second-order valence-corrected chi connectivity index (χ2v) is 15.2. The molecule has 4 aromatic rings. The van der Waals surface area contributed by atoms with Crippen LogP contribution in [0, 0.1) is 0 Å². The zero-order valence-electron chi connectivity index (χ0n) is 25.6. The van der Waals surface area contributed by atoms with Crippen molar-refractivity contribution in [3.63, 3.8) is 0 Å². The van der Waals surface area contributed by atoms with Gasteiger partial charge in [0, 0.05) is 25.8 Å². The second-order valence-electron chi connectivity index (χ2n) is 11.8. The average molecular weight is 608 g/mol. The Morgan fingerprint density at radius 3 is 1.43 bits per heavy atom. The SMILES string of the molecule is CN(C)c1cccc([S+](c2ccc(OC(C)(C)C)cc2)c2ccc(OC(C)(C)C)cc2)c1.O=S(=O)([O-])c1ccccc1. The highest BCUT2D eigenvalue weighted by Gasteiger charge is 2.30. The quantitative estimate of drug-likeness (QED) is 0.158. The summed E-state index contributed by atoms with van der Waals surface area (Å²) < 4.78 is 42.9. The van der Waals surface area contributed by atoms with Crippen LogP contribution in [0.15, 0.2) is 123 Å². The summed E-state index contributed by atoms with van der Waals surface area (Å²) in [6, 6.07) is 33.0. The van der Waals surface area contributed by atoms with Gasteiger partial charge in [-0.1, -0.05) is 24.3 Å². The van der Waals surface area contributed by atoms with E-state index in [1.165, 1.54) is 44.6 Å². The summed E-state index contributed by atoms with van der Waals surface area (Å²) in [7, 11) is -0.339. The molecule has 0 amide bonds. The van der Waals surface area contributed by atoms with Crippen molar-refractivity contribution in [2.75, 3.05) is 19.0 Å². The Morgan fingerprint density at radius 2 is 1.07 bits per heavy atom. The molecule has 0 saturated heterocycles. The molecule has 0 fully saturated rings. The number of rotatable bonds is 7. The Bertz CT molecular complexity index is 1460. The minimum atomic E-state index is -4.25. The van der Waals surface area contributed by atoms with Crippen LogP contribution in [0.3, 0.4) is 0 Å². The van der Waals surface area contributed by atoms with Crippen molar-refractivity contribution in [2.45, 2.75) is 72.3 Å². The third-order valence-electron chi connectivity index (χ3n) is 5.57. The Hall–Kier alpha value is -3.46. The molecule has 0 aliphatic heterocycles. The lowest BCUT2D eigenvalue weighted by atomic mass is 10.2. The van der Waals surface area contributed by atoms with Crippen LogP contribution in [0.5, 0.6) is 11.5 Å².